The number of hydrogen-bond acceptors (Lipinski definition) is 3. The number of rotatable bonds is 6. The molecule has 0 spiro atoms. The molecule has 118 valence electrons. The number of carbonyl (C=O) groups excluding carboxylic acids is 1. The highest BCUT2D eigenvalue weighted by molar-refractivity contribution is 5.85. The summed E-state index contributed by atoms with van der Waals surface area (Å²) in [5, 5.41) is 3.08. The molecule has 21 heavy (non-hydrogen) atoms. The lowest BCUT2D eigenvalue weighted by Gasteiger charge is -2.19. The predicted molar refractivity (Wildman–Crippen MR) is 86.9 cm³/mol. The summed E-state index contributed by atoms with van der Waals surface area (Å²) < 4.78 is 5.59. The first-order chi connectivity index (χ1) is 9.69. The van der Waals surface area contributed by atoms with Gasteiger partial charge in [0.05, 0.1) is 13.0 Å². The van der Waals surface area contributed by atoms with E-state index < -0.39 is 0 Å². The maximum atomic E-state index is 11.9. The molecule has 2 rings (SSSR count). The molecule has 1 aromatic carbocycles. The third-order valence-corrected chi connectivity index (χ3v) is 3.90. The Morgan fingerprint density at radius 2 is 2.24 bits per heavy atom. The van der Waals surface area contributed by atoms with E-state index in [0.29, 0.717) is 25.5 Å². The Kier molecular flexibility index (Phi) is 7.54. The fourth-order valence-corrected chi connectivity index (χ4v) is 2.75. The molecule has 0 bridgehead atoms. The molecule has 0 heterocycles. The Labute approximate surface area is 132 Å². The summed E-state index contributed by atoms with van der Waals surface area (Å²) in [5.74, 6) is 1.32. The van der Waals surface area contributed by atoms with E-state index in [0.717, 1.165) is 30.6 Å². The molecule has 1 amide bonds. The van der Waals surface area contributed by atoms with Gasteiger partial charge >= 0.3 is 0 Å². The zero-order valence-corrected chi connectivity index (χ0v) is 13.3. The van der Waals surface area contributed by atoms with Gasteiger partial charge in [-0.1, -0.05) is 18.6 Å². The number of ether oxygens (including phenoxy) is 1. The summed E-state index contributed by atoms with van der Waals surface area (Å²) >= 11 is 0. The standard InChI is InChI=1S/C16H24N2O2.ClH/c1-12-4-2-6-14(10-12)20-9-8-16(19)18-15-7-3-5-13(15)11-17;/h2,4,6,10,13,15H,3,5,7-9,11,17H2,1H3,(H,18,19);1H. The summed E-state index contributed by atoms with van der Waals surface area (Å²) in [6, 6.07) is 8.11. The van der Waals surface area contributed by atoms with Crippen LogP contribution in [0.4, 0.5) is 0 Å². The number of nitrogens with one attached hydrogen (secondary N) is 1. The van der Waals surface area contributed by atoms with Crippen molar-refractivity contribution < 1.29 is 9.53 Å². The Morgan fingerprint density at radius 1 is 1.43 bits per heavy atom. The smallest absolute Gasteiger partial charge is 0.223 e. The van der Waals surface area contributed by atoms with Crippen molar-refractivity contribution in [2.75, 3.05) is 13.2 Å². The number of amides is 1. The molecule has 1 fully saturated rings. The lowest BCUT2D eigenvalue weighted by atomic mass is 10.0. The fourth-order valence-electron chi connectivity index (χ4n) is 2.75. The van der Waals surface area contributed by atoms with Gasteiger partial charge < -0.3 is 15.8 Å². The summed E-state index contributed by atoms with van der Waals surface area (Å²) in [7, 11) is 0. The lowest BCUT2D eigenvalue weighted by Crippen LogP contribution is -2.40. The van der Waals surface area contributed by atoms with Crippen LogP contribution in [0.15, 0.2) is 24.3 Å². The van der Waals surface area contributed by atoms with Crippen molar-refractivity contribution in [1.29, 1.82) is 0 Å². The molecule has 0 aliphatic heterocycles. The zero-order valence-electron chi connectivity index (χ0n) is 12.5. The first kappa shape index (κ1) is 17.8. The number of aryl methyl sites for hydroxylation is 1. The van der Waals surface area contributed by atoms with Gasteiger partial charge in [0.2, 0.25) is 5.91 Å². The van der Waals surface area contributed by atoms with E-state index in [1.165, 1.54) is 0 Å². The highest BCUT2D eigenvalue weighted by Gasteiger charge is 2.26. The Hall–Kier alpha value is -1.26. The number of halogens is 1. The first-order valence-electron chi connectivity index (χ1n) is 7.38. The Bertz CT molecular complexity index is 454. The predicted octanol–water partition coefficient (Wildman–Crippen LogP) is 2.43. The van der Waals surface area contributed by atoms with Gasteiger partial charge in [0.25, 0.3) is 0 Å². The van der Waals surface area contributed by atoms with E-state index in [2.05, 4.69) is 5.32 Å². The zero-order chi connectivity index (χ0) is 14.4. The van der Waals surface area contributed by atoms with Gasteiger partial charge in [-0.3, -0.25) is 4.79 Å². The quantitative estimate of drug-likeness (QED) is 0.848. The molecule has 3 N–H and O–H groups in total. The average Bonchev–Trinajstić information content (AvgIpc) is 2.86. The molecule has 1 aromatic rings. The second-order valence-electron chi connectivity index (χ2n) is 5.52. The van der Waals surface area contributed by atoms with E-state index in [1.54, 1.807) is 0 Å². The number of nitrogens with two attached hydrogens (primary N) is 1. The molecule has 0 radical (unpaired) electrons. The molecule has 1 aliphatic rings. The van der Waals surface area contributed by atoms with Crippen molar-refractivity contribution in [3.63, 3.8) is 0 Å². The van der Waals surface area contributed by atoms with Gasteiger partial charge in [0, 0.05) is 6.04 Å². The van der Waals surface area contributed by atoms with E-state index in [4.69, 9.17) is 10.5 Å². The molecule has 0 aromatic heterocycles. The van der Waals surface area contributed by atoms with Crippen LogP contribution in [0.2, 0.25) is 0 Å². The minimum absolute atomic E-state index is 0. The minimum atomic E-state index is 0. The van der Waals surface area contributed by atoms with Crippen molar-refractivity contribution in [2.24, 2.45) is 11.7 Å². The average molecular weight is 313 g/mol. The molecule has 0 saturated heterocycles. The SMILES string of the molecule is Cc1cccc(OCCC(=O)NC2CCCC2CN)c1.Cl. The van der Waals surface area contributed by atoms with Crippen molar-refractivity contribution in [3.05, 3.63) is 29.8 Å². The van der Waals surface area contributed by atoms with Crippen LogP contribution in [0.1, 0.15) is 31.2 Å². The van der Waals surface area contributed by atoms with Crippen molar-refractivity contribution >= 4 is 18.3 Å². The topological polar surface area (TPSA) is 64.3 Å². The molecule has 1 aliphatic carbocycles. The van der Waals surface area contributed by atoms with Gasteiger partial charge in [-0.15, -0.1) is 12.4 Å². The Morgan fingerprint density at radius 3 is 2.95 bits per heavy atom. The largest absolute Gasteiger partial charge is 0.493 e. The van der Waals surface area contributed by atoms with Crippen LogP contribution in [-0.2, 0) is 4.79 Å². The third-order valence-electron chi connectivity index (χ3n) is 3.90. The van der Waals surface area contributed by atoms with Crippen LogP contribution in [0.3, 0.4) is 0 Å². The second kappa shape index (κ2) is 8.90. The molecule has 1 saturated carbocycles. The molecule has 2 atom stereocenters. The first-order valence-corrected chi connectivity index (χ1v) is 7.38. The van der Waals surface area contributed by atoms with Crippen LogP contribution < -0.4 is 15.8 Å². The van der Waals surface area contributed by atoms with Crippen LogP contribution in [0, 0.1) is 12.8 Å². The van der Waals surface area contributed by atoms with Crippen LogP contribution >= 0.6 is 12.4 Å². The second-order valence-corrected chi connectivity index (χ2v) is 5.52. The number of carbonyl (C=O) groups is 1. The molecule has 4 nitrogen and oxygen atoms in total. The molecular weight excluding hydrogens is 288 g/mol. The van der Waals surface area contributed by atoms with Crippen molar-refractivity contribution in [1.82, 2.24) is 5.32 Å². The number of hydrogen-bond donors (Lipinski definition) is 2. The van der Waals surface area contributed by atoms with Gasteiger partial charge in [0.1, 0.15) is 5.75 Å². The van der Waals surface area contributed by atoms with Crippen LogP contribution in [0.5, 0.6) is 5.75 Å². The monoisotopic (exact) mass is 312 g/mol. The van der Waals surface area contributed by atoms with Gasteiger partial charge in [-0.2, -0.15) is 0 Å². The summed E-state index contributed by atoms with van der Waals surface area (Å²) in [6.07, 6.45) is 3.72. The van der Waals surface area contributed by atoms with E-state index in [-0.39, 0.29) is 24.4 Å². The summed E-state index contributed by atoms with van der Waals surface area (Å²) in [5.41, 5.74) is 6.87. The number of benzene rings is 1. The Balaban J connectivity index is 0.00000220. The summed E-state index contributed by atoms with van der Waals surface area (Å²) in [4.78, 5) is 11.9. The third kappa shape index (κ3) is 5.56. The van der Waals surface area contributed by atoms with E-state index in [1.807, 2.05) is 31.2 Å². The summed E-state index contributed by atoms with van der Waals surface area (Å²) in [6.45, 7) is 3.09. The van der Waals surface area contributed by atoms with Crippen LogP contribution in [-0.4, -0.2) is 25.1 Å². The van der Waals surface area contributed by atoms with Gasteiger partial charge in [-0.05, 0) is 49.9 Å². The van der Waals surface area contributed by atoms with Crippen LogP contribution in [0.25, 0.3) is 0 Å². The minimum Gasteiger partial charge on any atom is -0.493 e. The fraction of sp³-hybridized carbons (Fsp3) is 0.562. The molecule has 5 heteroatoms. The van der Waals surface area contributed by atoms with E-state index >= 15 is 0 Å². The van der Waals surface area contributed by atoms with Gasteiger partial charge in [0.15, 0.2) is 0 Å². The maximum Gasteiger partial charge on any atom is 0.223 e. The van der Waals surface area contributed by atoms with Gasteiger partial charge in [-0.25, -0.2) is 0 Å². The van der Waals surface area contributed by atoms with Crippen molar-refractivity contribution in [3.8, 4) is 5.75 Å². The molecular formula is C16H25ClN2O2. The lowest BCUT2D eigenvalue weighted by molar-refractivity contribution is -0.122. The highest BCUT2D eigenvalue weighted by Crippen LogP contribution is 2.24. The molecule has 2 unspecified atom stereocenters. The highest BCUT2D eigenvalue weighted by atomic mass is 35.5. The maximum absolute atomic E-state index is 11.9. The van der Waals surface area contributed by atoms with E-state index in [9.17, 15) is 4.79 Å². The van der Waals surface area contributed by atoms with Crippen molar-refractivity contribution in [2.45, 2.75) is 38.6 Å². The normalized spacial score (nSPS) is 20.7.